The van der Waals surface area contributed by atoms with Crippen molar-refractivity contribution in [1.29, 1.82) is 0 Å². The van der Waals surface area contributed by atoms with Gasteiger partial charge in [0.2, 0.25) is 0 Å². The Kier molecular flexibility index (Phi) is 3.93. The zero-order valence-electron chi connectivity index (χ0n) is 11.5. The lowest BCUT2D eigenvalue weighted by molar-refractivity contribution is -0.136. The lowest BCUT2D eigenvalue weighted by Gasteiger charge is -2.27. The van der Waals surface area contributed by atoms with Crippen LogP contribution in [0.25, 0.3) is 0 Å². The van der Waals surface area contributed by atoms with Gasteiger partial charge in [-0.05, 0) is 30.2 Å². The van der Waals surface area contributed by atoms with Crippen molar-refractivity contribution >= 4 is 12.0 Å². The Labute approximate surface area is 116 Å². The summed E-state index contributed by atoms with van der Waals surface area (Å²) in [6, 6.07) is 6.48. The van der Waals surface area contributed by atoms with E-state index in [0.29, 0.717) is 5.57 Å². The van der Waals surface area contributed by atoms with Gasteiger partial charge in [0.1, 0.15) is 11.4 Å². The Bertz CT molecular complexity index is 563. The highest BCUT2D eigenvalue weighted by molar-refractivity contribution is 5.96. The molecule has 0 fully saturated rings. The van der Waals surface area contributed by atoms with E-state index < -0.39 is 12.0 Å². The highest BCUT2D eigenvalue weighted by Gasteiger charge is 2.29. The number of methoxy groups -OCH3 is 2. The van der Waals surface area contributed by atoms with E-state index >= 15 is 0 Å². The first-order chi connectivity index (χ1) is 9.56. The van der Waals surface area contributed by atoms with Crippen molar-refractivity contribution in [3.8, 4) is 5.75 Å². The first-order valence-corrected chi connectivity index (χ1v) is 6.07. The summed E-state index contributed by atoms with van der Waals surface area (Å²) in [6.07, 6.45) is 0. The number of carbonyl (C=O) groups is 2. The highest BCUT2D eigenvalue weighted by atomic mass is 16.5. The van der Waals surface area contributed by atoms with Gasteiger partial charge in [-0.2, -0.15) is 0 Å². The van der Waals surface area contributed by atoms with Gasteiger partial charge in [0.25, 0.3) is 0 Å². The van der Waals surface area contributed by atoms with Crippen LogP contribution in [0.5, 0.6) is 5.75 Å². The van der Waals surface area contributed by atoms with Crippen molar-refractivity contribution in [3.05, 3.63) is 41.1 Å². The summed E-state index contributed by atoms with van der Waals surface area (Å²) < 4.78 is 9.77. The molecule has 1 aliphatic heterocycles. The molecule has 1 aromatic rings. The fourth-order valence-electron chi connectivity index (χ4n) is 2.08. The number of rotatable bonds is 3. The maximum Gasteiger partial charge on any atom is 0.354 e. The minimum atomic E-state index is -0.559. The molecule has 6 heteroatoms. The number of nitrogens with one attached hydrogen (secondary N) is 2. The molecule has 1 aromatic carbocycles. The summed E-state index contributed by atoms with van der Waals surface area (Å²) in [7, 11) is 2.86. The Morgan fingerprint density at radius 1 is 1.20 bits per heavy atom. The molecule has 1 aliphatic rings. The number of hydrogen-bond donors (Lipinski definition) is 2. The van der Waals surface area contributed by atoms with Crippen LogP contribution >= 0.6 is 0 Å². The monoisotopic (exact) mass is 276 g/mol. The number of urea groups is 1. The van der Waals surface area contributed by atoms with E-state index in [2.05, 4.69) is 15.4 Å². The van der Waals surface area contributed by atoms with Gasteiger partial charge in [0.15, 0.2) is 0 Å². The summed E-state index contributed by atoms with van der Waals surface area (Å²) in [6.45, 7) is 1.77. The lowest BCUT2D eigenvalue weighted by atomic mass is 9.96. The molecule has 0 aliphatic carbocycles. The van der Waals surface area contributed by atoms with Crippen LogP contribution in [0.1, 0.15) is 18.5 Å². The molecule has 0 bridgehead atoms. The number of amides is 2. The van der Waals surface area contributed by atoms with Gasteiger partial charge in [0, 0.05) is 0 Å². The van der Waals surface area contributed by atoms with Gasteiger partial charge in [-0.25, -0.2) is 9.59 Å². The van der Waals surface area contributed by atoms with E-state index in [-0.39, 0.29) is 11.7 Å². The van der Waals surface area contributed by atoms with E-state index in [0.717, 1.165) is 11.3 Å². The maximum atomic E-state index is 11.7. The zero-order valence-corrected chi connectivity index (χ0v) is 11.5. The molecule has 106 valence electrons. The predicted molar refractivity (Wildman–Crippen MR) is 72.1 cm³/mol. The van der Waals surface area contributed by atoms with Crippen molar-refractivity contribution < 1.29 is 19.1 Å². The van der Waals surface area contributed by atoms with Crippen LogP contribution in [0.2, 0.25) is 0 Å². The van der Waals surface area contributed by atoms with Crippen LogP contribution in [0, 0.1) is 0 Å². The average molecular weight is 276 g/mol. The van der Waals surface area contributed by atoms with Crippen molar-refractivity contribution in [2.75, 3.05) is 14.2 Å². The van der Waals surface area contributed by atoms with E-state index in [1.807, 2.05) is 12.1 Å². The largest absolute Gasteiger partial charge is 0.497 e. The smallest absolute Gasteiger partial charge is 0.354 e. The Morgan fingerprint density at radius 3 is 2.40 bits per heavy atom. The van der Waals surface area contributed by atoms with Crippen LogP contribution in [0.4, 0.5) is 4.79 Å². The second-order valence-electron chi connectivity index (χ2n) is 4.35. The molecular formula is C14H16N2O4. The number of hydrogen-bond acceptors (Lipinski definition) is 4. The standard InChI is InChI=1S/C14H16N2O4/c1-8-11(9-4-6-10(19-2)7-5-9)15-14(18)16-12(8)13(17)20-3/h4-7,11H,1-3H3,(H2,15,16,18)/t11-/m0/s1. The molecule has 1 heterocycles. The second kappa shape index (κ2) is 5.64. The van der Waals surface area contributed by atoms with E-state index in [9.17, 15) is 9.59 Å². The minimum Gasteiger partial charge on any atom is -0.497 e. The highest BCUT2D eigenvalue weighted by Crippen LogP contribution is 2.27. The Morgan fingerprint density at radius 2 is 1.85 bits per heavy atom. The molecule has 20 heavy (non-hydrogen) atoms. The van der Waals surface area contributed by atoms with Crippen molar-refractivity contribution in [1.82, 2.24) is 10.6 Å². The number of ether oxygens (including phenoxy) is 2. The molecular weight excluding hydrogens is 260 g/mol. The molecule has 2 amide bonds. The molecule has 0 saturated carbocycles. The fourth-order valence-corrected chi connectivity index (χ4v) is 2.08. The number of benzene rings is 1. The van der Waals surface area contributed by atoms with Gasteiger partial charge in [-0.3, -0.25) is 0 Å². The van der Waals surface area contributed by atoms with Crippen LogP contribution in [-0.2, 0) is 9.53 Å². The third-order valence-corrected chi connectivity index (χ3v) is 3.18. The van der Waals surface area contributed by atoms with Gasteiger partial charge < -0.3 is 20.1 Å². The van der Waals surface area contributed by atoms with Gasteiger partial charge in [0.05, 0.1) is 20.3 Å². The quantitative estimate of drug-likeness (QED) is 0.820. The molecule has 2 rings (SSSR count). The zero-order chi connectivity index (χ0) is 14.7. The lowest BCUT2D eigenvalue weighted by Crippen LogP contribution is -2.45. The molecule has 0 saturated heterocycles. The molecule has 0 aromatic heterocycles. The minimum absolute atomic E-state index is 0.178. The predicted octanol–water partition coefficient (Wildman–Crippen LogP) is 1.50. The van der Waals surface area contributed by atoms with E-state index in [4.69, 9.17) is 4.74 Å². The van der Waals surface area contributed by atoms with Crippen molar-refractivity contribution in [2.24, 2.45) is 0 Å². The first-order valence-electron chi connectivity index (χ1n) is 6.07. The van der Waals surface area contributed by atoms with Crippen LogP contribution < -0.4 is 15.4 Å². The van der Waals surface area contributed by atoms with E-state index in [1.165, 1.54) is 7.11 Å². The van der Waals surface area contributed by atoms with Gasteiger partial charge in [-0.15, -0.1) is 0 Å². The van der Waals surface area contributed by atoms with Gasteiger partial charge in [-0.1, -0.05) is 12.1 Å². The molecule has 0 unspecified atom stereocenters. The SMILES string of the molecule is COC(=O)C1=C(C)[C@@H](c2ccc(OC)cc2)NC(=O)N1. The second-order valence-corrected chi connectivity index (χ2v) is 4.35. The molecule has 0 spiro atoms. The first kappa shape index (κ1) is 13.9. The third-order valence-electron chi connectivity index (χ3n) is 3.18. The maximum absolute atomic E-state index is 11.7. The molecule has 6 nitrogen and oxygen atoms in total. The number of esters is 1. The van der Waals surface area contributed by atoms with Gasteiger partial charge >= 0.3 is 12.0 Å². The molecule has 1 atom stereocenters. The normalized spacial score (nSPS) is 18.1. The van der Waals surface area contributed by atoms with E-state index in [1.54, 1.807) is 26.2 Å². The van der Waals surface area contributed by atoms with Crippen molar-refractivity contribution in [2.45, 2.75) is 13.0 Å². The van der Waals surface area contributed by atoms with Crippen LogP contribution in [0.3, 0.4) is 0 Å². The summed E-state index contributed by atoms with van der Waals surface area (Å²) in [4.78, 5) is 23.3. The van der Waals surface area contributed by atoms with Crippen LogP contribution in [-0.4, -0.2) is 26.2 Å². The topological polar surface area (TPSA) is 76.7 Å². The third kappa shape index (κ3) is 2.59. The summed E-state index contributed by atoms with van der Waals surface area (Å²) in [5.74, 6) is 0.166. The summed E-state index contributed by atoms with van der Waals surface area (Å²) in [5, 5.41) is 5.24. The van der Waals surface area contributed by atoms with Crippen LogP contribution in [0.15, 0.2) is 35.5 Å². The molecule has 0 radical (unpaired) electrons. The van der Waals surface area contributed by atoms with Crippen molar-refractivity contribution in [3.63, 3.8) is 0 Å². The summed E-state index contributed by atoms with van der Waals surface area (Å²) in [5.41, 5.74) is 1.73. The number of carbonyl (C=O) groups excluding carboxylic acids is 2. The summed E-state index contributed by atoms with van der Waals surface area (Å²) >= 11 is 0. The Balaban J connectivity index is 2.38. The average Bonchev–Trinajstić information content (AvgIpc) is 2.48. The fraction of sp³-hybridized carbons (Fsp3) is 0.286. The molecule has 2 N–H and O–H groups in total. The Hall–Kier alpha value is -2.50.